The van der Waals surface area contributed by atoms with Crippen LogP contribution >= 0.6 is 0 Å². The van der Waals surface area contributed by atoms with Crippen LogP contribution in [-0.2, 0) is 14.0 Å². The van der Waals surface area contributed by atoms with Gasteiger partial charge in [0.2, 0.25) is 8.32 Å². The summed E-state index contributed by atoms with van der Waals surface area (Å²) in [5.41, 5.74) is 0.338. The van der Waals surface area contributed by atoms with Crippen LogP contribution in [0.3, 0.4) is 0 Å². The van der Waals surface area contributed by atoms with Gasteiger partial charge >= 0.3 is 0 Å². The van der Waals surface area contributed by atoms with Crippen molar-refractivity contribution in [3.63, 3.8) is 0 Å². The third-order valence-corrected chi connectivity index (χ3v) is 6.45. The maximum atomic E-state index is 12.3. The Morgan fingerprint density at radius 3 is 2.48 bits per heavy atom. The Labute approximate surface area is 180 Å². The molecule has 29 heavy (non-hydrogen) atoms. The first kappa shape index (κ1) is 25.9. The summed E-state index contributed by atoms with van der Waals surface area (Å²) in [6.45, 7) is 13.0. The van der Waals surface area contributed by atoms with E-state index in [1.165, 1.54) is 19.3 Å². The van der Waals surface area contributed by atoms with E-state index in [1.807, 2.05) is 19.6 Å². The quantitative estimate of drug-likeness (QED) is 0.169. The zero-order valence-corrected chi connectivity index (χ0v) is 20.8. The second-order valence-electron chi connectivity index (χ2n) is 10.4. The van der Waals surface area contributed by atoms with Gasteiger partial charge in [-0.1, -0.05) is 71.1 Å². The second kappa shape index (κ2) is 12.5. The molecule has 4 heteroatoms. The van der Waals surface area contributed by atoms with E-state index in [2.05, 4.69) is 39.0 Å². The van der Waals surface area contributed by atoms with E-state index in [0.29, 0.717) is 11.8 Å². The molecule has 1 aliphatic rings. The SMILES string of the molecule is CCCCC(C)(C)C/C=C/C1C=CC(=O)C1CCCCCCC(=O)O[Si](C)(C)C. The van der Waals surface area contributed by atoms with E-state index in [0.717, 1.165) is 38.5 Å². The van der Waals surface area contributed by atoms with Crippen molar-refractivity contribution in [2.24, 2.45) is 17.3 Å². The highest BCUT2D eigenvalue weighted by atomic mass is 28.4. The molecule has 0 heterocycles. The molecule has 0 N–H and O–H groups in total. The van der Waals surface area contributed by atoms with Gasteiger partial charge in [0.1, 0.15) is 0 Å². The molecule has 2 unspecified atom stereocenters. The Kier molecular flexibility index (Phi) is 11.2. The third kappa shape index (κ3) is 11.6. The van der Waals surface area contributed by atoms with Crippen LogP contribution in [0.2, 0.25) is 19.6 Å². The van der Waals surface area contributed by atoms with Gasteiger partial charge in [0.25, 0.3) is 5.97 Å². The molecule has 0 aromatic rings. The van der Waals surface area contributed by atoms with Crippen LogP contribution in [0.1, 0.15) is 85.0 Å². The van der Waals surface area contributed by atoms with Crippen LogP contribution in [0.5, 0.6) is 0 Å². The lowest BCUT2D eigenvalue weighted by molar-refractivity contribution is -0.135. The Balaban J connectivity index is 2.29. The van der Waals surface area contributed by atoms with Crippen molar-refractivity contribution < 1.29 is 14.0 Å². The lowest BCUT2D eigenvalue weighted by atomic mass is 9.82. The Morgan fingerprint density at radius 1 is 1.14 bits per heavy atom. The average molecular weight is 421 g/mol. The highest BCUT2D eigenvalue weighted by Crippen LogP contribution is 2.31. The van der Waals surface area contributed by atoms with Crippen molar-refractivity contribution in [2.75, 3.05) is 0 Å². The highest BCUT2D eigenvalue weighted by molar-refractivity contribution is 6.71. The van der Waals surface area contributed by atoms with Gasteiger partial charge in [-0.3, -0.25) is 9.59 Å². The zero-order valence-electron chi connectivity index (χ0n) is 19.8. The molecular weight excluding hydrogens is 376 g/mol. The molecule has 0 radical (unpaired) electrons. The summed E-state index contributed by atoms with van der Waals surface area (Å²) in [4.78, 5) is 24.0. The van der Waals surface area contributed by atoms with Gasteiger partial charge < -0.3 is 4.43 Å². The summed E-state index contributed by atoms with van der Waals surface area (Å²) in [5, 5.41) is 0. The lowest BCUT2D eigenvalue weighted by Crippen LogP contribution is -2.28. The number of carbonyl (C=O) groups is 2. The second-order valence-corrected chi connectivity index (χ2v) is 14.8. The van der Waals surface area contributed by atoms with E-state index in [9.17, 15) is 9.59 Å². The van der Waals surface area contributed by atoms with E-state index in [4.69, 9.17) is 4.43 Å². The maximum Gasteiger partial charge on any atom is 0.292 e. The molecule has 0 spiro atoms. The molecule has 3 nitrogen and oxygen atoms in total. The summed E-state index contributed by atoms with van der Waals surface area (Å²) in [7, 11) is -1.76. The van der Waals surface area contributed by atoms with Crippen molar-refractivity contribution in [3.8, 4) is 0 Å². The van der Waals surface area contributed by atoms with Crippen LogP contribution in [0.15, 0.2) is 24.3 Å². The summed E-state index contributed by atoms with van der Waals surface area (Å²) >= 11 is 0. The molecular formula is C25H44O3Si. The molecule has 0 aromatic heterocycles. The number of allylic oxidation sites excluding steroid dienone is 4. The molecule has 0 amide bonds. The van der Waals surface area contributed by atoms with Crippen LogP contribution in [-0.4, -0.2) is 20.1 Å². The highest BCUT2D eigenvalue weighted by Gasteiger charge is 2.28. The Morgan fingerprint density at radius 2 is 1.83 bits per heavy atom. The molecule has 0 saturated carbocycles. The normalized spacial score (nSPS) is 20.0. The predicted molar refractivity (Wildman–Crippen MR) is 125 cm³/mol. The molecule has 0 bridgehead atoms. The smallest absolute Gasteiger partial charge is 0.292 e. The van der Waals surface area contributed by atoms with E-state index in [-0.39, 0.29) is 23.6 Å². The van der Waals surface area contributed by atoms with Gasteiger partial charge in [-0.25, -0.2) is 0 Å². The fourth-order valence-electron chi connectivity index (χ4n) is 3.87. The largest absolute Gasteiger partial charge is 0.520 e. The van der Waals surface area contributed by atoms with Crippen LogP contribution in [0.25, 0.3) is 0 Å². The van der Waals surface area contributed by atoms with Crippen molar-refractivity contribution in [3.05, 3.63) is 24.3 Å². The third-order valence-electron chi connectivity index (χ3n) is 5.61. The standard InChI is InChI=1S/C25H44O3Si/c1-7-8-19-25(2,3)20-13-14-21-17-18-23(26)22(21)15-11-9-10-12-16-24(27)28-29(4,5)6/h13-14,17-18,21-22H,7-12,15-16,19-20H2,1-6H3/b14-13+. The van der Waals surface area contributed by atoms with Crippen molar-refractivity contribution in [1.82, 2.24) is 0 Å². The minimum atomic E-state index is -1.76. The van der Waals surface area contributed by atoms with Crippen molar-refractivity contribution in [1.29, 1.82) is 0 Å². The minimum absolute atomic E-state index is 0.0496. The number of unbranched alkanes of at least 4 members (excludes halogenated alkanes) is 4. The average Bonchev–Trinajstić information content (AvgIpc) is 2.94. The lowest BCUT2D eigenvalue weighted by Gasteiger charge is -2.23. The van der Waals surface area contributed by atoms with Gasteiger partial charge in [0.15, 0.2) is 5.78 Å². The molecule has 0 aromatic carbocycles. The fraction of sp³-hybridized carbons (Fsp3) is 0.760. The molecule has 1 aliphatic carbocycles. The van der Waals surface area contributed by atoms with Crippen LogP contribution in [0.4, 0.5) is 0 Å². The van der Waals surface area contributed by atoms with E-state index >= 15 is 0 Å². The van der Waals surface area contributed by atoms with E-state index in [1.54, 1.807) is 6.08 Å². The first-order valence-corrected chi connectivity index (χ1v) is 15.1. The summed E-state index contributed by atoms with van der Waals surface area (Å²) in [6, 6.07) is 0. The summed E-state index contributed by atoms with van der Waals surface area (Å²) in [5.74, 6) is 0.605. The molecule has 2 atom stereocenters. The van der Waals surface area contributed by atoms with Crippen LogP contribution < -0.4 is 0 Å². The predicted octanol–water partition coefficient (Wildman–Crippen LogP) is 7.24. The molecule has 166 valence electrons. The topological polar surface area (TPSA) is 43.4 Å². The van der Waals surface area contributed by atoms with E-state index < -0.39 is 8.32 Å². The first-order chi connectivity index (χ1) is 13.5. The summed E-state index contributed by atoms with van der Waals surface area (Å²) in [6.07, 6.45) is 18.8. The van der Waals surface area contributed by atoms with Gasteiger partial charge in [-0.05, 0) is 56.8 Å². The monoisotopic (exact) mass is 420 g/mol. The first-order valence-electron chi connectivity index (χ1n) is 11.6. The van der Waals surface area contributed by atoms with Gasteiger partial charge in [0.05, 0.1) is 0 Å². The van der Waals surface area contributed by atoms with Crippen molar-refractivity contribution >= 4 is 20.1 Å². The fourth-order valence-corrected chi connectivity index (χ4v) is 4.65. The van der Waals surface area contributed by atoms with Gasteiger partial charge in [0, 0.05) is 18.3 Å². The molecule has 0 fully saturated rings. The number of carbonyl (C=O) groups excluding carboxylic acids is 2. The van der Waals surface area contributed by atoms with Crippen molar-refractivity contribution in [2.45, 2.75) is 105 Å². The number of rotatable bonds is 14. The van der Waals surface area contributed by atoms with Gasteiger partial charge in [-0.2, -0.15) is 0 Å². The van der Waals surface area contributed by atoms with Gasteiger partial charge in [-0.15, -0.1) is 0 Å². The summed E-state index contributed by atoms with van der Waals surface area (Å²) < 4.78 is 5.48. The number of hydrogen-bond acceptors (Lipinski definition) is 3. The minimum Gasteiger partial charge on any atom is -0.520 e. The number of hydrogen-bond donors (Lipinski definition) is 0. The maximum absolute atomic E-state index is 12.3. The molecule has 0 saturated heterocycles. The Hall–Kier alpha value is -1.16. The Bertz CT molecular complexity index is 569. The van der Waals surface area contributed by atoms with Crippen LogP contribution in [0, 0.1) is 17.3 Å². The molecule has 0 aliphatic heterocycles. The molecule has 1 rings (SSSR count). The number of ketones is 1. The zero-order chi connectivity index (χ0) is 21.9.